The fourth-order valence-electron chi connectivity index (χ4n) is 2.72. The van der Waals surface area contributed by atoms with E-state index in [0.717, 1.165) is 15.8 Å². The number of aromatic nitrogens is 3. The Morgan fingerprint density at radius 2 is 1.96 bits per heavy atom. The molecule has 0 radical (unpaired) electrons. The van der Waals surface area contributed by atoms with Crippen LogP contribution in [0.2, 0.25) is 0 Å². The second-order valence-corrected chi connectivity index (χ2v) is 6.11. The number of rotatable bonds is 5. The monoisotopic (exact) mass is 352 g/mol. The van der Waals surface area contributed by atoms with Crippen LogP contribution in [0.1, 0.15) is 24.1 Å². The number of nitrogens with zero attached hydrogens (tertiary/aromatic N) is 3. The second kappa shape index (κ2) is 7.35. The summed E-state index contributed by atoms with van der Waals surface area (Å²) < 4.78 is 6.26. The Morgan fingerprint density at radius 1 is 1.23 bits per heavy atom. The molecule has 2 aromatic carbocycles. The summed E-state index contributed by atoms with van der Waals surface area (Å²) in [6.45, 7) is 3.68. The van der Waals surface area contributed by atoms with E-state index in [-0.39, 0.29) is 18.5 Å². The van der Waals surface area contributed by atoms with E-state index in [1.54, 1.807) is 18.2 Å². The van der Waals surface area contributed by atoms with Crippen LogP contribution in [0.25, 0.3) is 10.9 Å². The van der Waals surface area contributed by atoms with Gasteiger partial charge in [0.2, 0.25) is 5.91 Å². The van der Waals surface area contributed by atoms with Crippen LogP contribution in [0.4, 0.5) is 0 Å². The maximum absolute atomic E-state index is 12.6. The van der Waals surface area contributed by atoms with E-state index in [2.05, 4.69) is 15.6 Å². The maximum Gasteiger partial charge on any atom is 0.281 e. The van der Waals surface area contributed by atoms with Crippen molar-refractivity contribution in [2.75, 3.05) is 7.11 Å². The average molecular weight is 352 g/mol. The van der Waals surface area contributed by atoms with Gasteiger partial charge in [0.1, 0.15) is 23.2 Å². The third-order valence-corrected chi connectivity index (χ3v) is 4.18. The summed E-state index contributed by atoms with van der Waals surface area (Å²) in [7, 11) is 1.48. The van der Waals surface area contributed by atoms with Crippen molar-refractivity contribution in [1.82, 2.24) is 20.3 Å². The molecule has 134 valence electrons. The molecule has 3 rings (SSSR count). The number of nitrogens with one attached hydrogen (secondary N) is 1. The number of aryl methyl sites for hydroxylation is 1. The molecule has 1 unspecified atom stereocenters. The Kier molecular flexibility index (Phi) is 4.97. The zero-order chi connectivity index (χ0) is 18.7. The molecule has 7 nitrogen and oxygen atoms in total. The summed E-state index contributed by atoms with van der Waals surface area (Å²) in [6.07, 6.45) is 0. The maximum atomic E-state index is 12.6. The number of fused-ring (bicyclic) bond motifs is 1. The first-order valence-corrected chi connectivity index (χ1v) is 8.26. The summed E-state index contributed by atoms with van der Waals surface area (Å²) in [5.74, 6) is 0.0910. The lowest BCUT2D eigenvalue weighted by atomic mass is 10.1. The van der Waals surface area contributed by atoms with Gasteiger partial charge in [-0.1, -0.05) is 41.1 Å². The minimum atomic E-state index is -0.411. The topological polar surface area (TPSA) is 86.1 Å². The lowest BCUT2D eigenvalue weighted by Gasteiger charge is -2.15. The molecule has 0 aliphatic carbocycles. The number of benzene rings is 2. The van der Waals surface area contributed by atoms with Crippen LogP contribution in [0.15, 0.2) is 47.3 Å². The largest absolute Gasteiger partial charge is 0.496 e. The zero-order valence-electron chi connectivity index (χ0n) is 14.9. The average Bonchev–Trinajstić information content (AvgIpc) is 2.64. The standard InChI is InChI=1S/C19H20N4O3/c1-12-7-9-14(10-8-12)13(2)20-17(24)11-23-19(25)18-15(21-22-23)5-4-6-16(18)26-3/h4-10,13H,11H2,1-3H3,(H,20,24). The van der Waals surface area contributed by atoms with Gasteiger partial charge in [0, 0.05) is 0 Å². The second-order valence-electron chi connectivity index (χ2n) is 6.11. The van der Waals surface area contributed by atoms with Crippen molar-refractivity contribution in [3.63, 3.8) is 0 Å². The van der Waals surface area contributed by atoms with E-state index in [1.165, 1.54) is 7.11 Å². The first-order chi connectivity index (χ1) is 12.5. The molecule has 1 aromatic heterocycles. The molecular weight excluding hydrogens is 332 g/mol. The van der Waals surface area contributed by atoms with Gasteiger partial charge in [0.05, 0.1) is 13.2 Å². The molecule has 1 atom stereocenters. The first-order valence-electron chi connectivity index (χ1n) is 8.26. The zero-order valence-corrected chi connectivity index (χ0v) is 14.9. The molecule has 7 heteroatoms. The number of hydrogen-bond donors (Lipinski definition) is 1. The van der Waals surface area contributed by atoms with E-state index in [0.29, 0.717) is 16.7 Å². The summed E-state index contributed by atoms with van der Waals surface area (Å²) >= 11 is 0. The molecule has 0 saturated heterocycles. The molecule has 0 aliphatic rings. The summed E-state index contributed by atoms with van der Waals surface area (Å²) in [5, 5.41) is 11.0. The molecule has 1 heterocycles. The SMILES string of the molecule is COc1cccc2nnn(CC(=O)NC(C)c3ccc(C)cc3)c(=O)c12. The highest BCUT2D eigenvalue weighted by Gasteiger charge is 2.15. The van der Waals surface area contributed by atoms with Crippen LogP contribution in [0.5, 0.6) is 5.75 Å². The van der Waals surface area contributed by atoms with Crippen molar-refractivity contribution in [2.45, 2.75) is 26.4 Å². The van der Waals surface area contributed by atoms with Crippen LogP contribution in [-0.2, 0) is 11.3 Å². The lowest BCUT2D eigenvalue weighted by Crippen LogP contribution is -2.35. The minimum Gasteiger partial charge on any atom is -0.496 e. The molecule has 1 amide bonds. The normalized spacial score (nSPS) is 12.0. The predicted octanol–water partition coefficient (Wildman–Crippen LogP) is 1.99. The van der Waals surface area contributed by atoms with E-state index in [9.17, 15) is 9.59 Å². The molecule has 26 heavy (non-hydrogen) atoms. The number of carbonyl (C=O) groups is 1. The number of hydrogen-bond acceptors (Lipinski definition) is 5. The Bertz CT molecular complexity index is 996. The summed E-state index contributed by atoms with van der Waals surface area (Å²) in [4.78, 5) is 25.0. The smallest absolute Gasteiger partial charge is 0.281 e. The highest BCUT2D eigenvalue weighted by Crippen LogP contribution is 2.19. The van der Waals surface area contributed by atoms with Gasteiger partial charge in [0.25, 0.3) is 5.56 Å². The highest BCUT2D eigenvalue weighted by atomic mass is 16.5. The minimum absolute atomic E-state index is 0.179. The van der Waals surface area contributed by atoms with E-state index in [1.807, 2.05) is 38.1 Å². The van der Waals surface area contributed by atoms with E-state index >= 15 is 0 Å². The van der Waals surface area contributed by atoms with Crippen molar-refractivity contribution in [1.29, 1.82) is 0 Å². The van der Waals surface area contributed by atoms with Crippen molar-refractivity contribution < 1.29 is 9.53 Å². The van der Waals surface area contributed by atoms with Crippen molar-refractivity contribution in [3.05, 3.63) is 63.9 Å². The third-order valence-electron chi connectivity index (χ3n) is 4.18. The first kappa shape index (κ1) is 17.6. The van der Waals surface area contributed by atoms with Crippen LogP contribution in [0, 0.1) is 6.92 Å². The number of carbonyl (C=O) groups excluding carboxylic acids is 1. The van der Waals surface area contributed by atoms with Gasteiger partial charge in [0.15, 0.2) is 0 Å². The third kappa shape index (κ3) is 3.56. The van der Waals surface area contributed by atoms with Crippen LogP contribution >= 0.6 is 0 Å². The van der Waals surface area contributed by atoms with Gasteiger partial charge in [-0.3, -0.25) is 9.59 Å². The van der Waals surface area contributed by atoms with Crippen molar-refractivity contribution in [3.8, 4) is 5.75 Å². The van der Waals surface area contributed by atoms with Gasteiger partial charge < -0.3 is 10.1 Å². The molecular formula is C19H20N4O3. The quantitative estimate of drug-likeness (QED) is 0.759. The van der Waals surface area contributed by atoms with Crippen LogP contribution < -0.4 is 15.6 Å². The molecule has 3 aromatic rings. The van der Waals surface area contributed by atoms with Crippen molar-refractivity contribution >= 4 is 16.8 Å². The van der Waals surface area contributed by atoms with Gasteiger partial charge in [-0.15, -0.1) is 5.10 Å². The Hall–Kier alpha value is -3.22. The molecule has 0 fully saturated rings. The molecule has 0 aliphatic heterocycles. The molecule has 0 saturated carbocycles. The summed E-state index contributed by atoms with van der Waals surface area (Å²) in [5.41, 5.74) is 2.16. The van der Waals surface area contributed by atoms with Gasteiger partial charge in [-0.05, 0) is 31.5 Å². The Balaban J connectivity index is 1.80. The number of ether oxygens (including phenoxy) is 1. The molecule has 1 N–H and O–H groups in total. The van der Waals surface area contributed by atoms with Gasteiger partial charge >= 0.3 is 0 Å². The molecule has 0 bridgehead atoms. The predicted molar refractivity (Wildman–Crippen MR) is 98.1 cm³/mol. The highest BCUT2D eigenvalue weighted by molar-refractivity contribution is 5.84. The van der Waals surface area contributed by atoms with Crippen LogP contribution in [0.3, 0.4) is 0 Å². The van der Waals surface area contributed by atoms with E-state index < -0.39 is 5.56 Å². The Labute approximate surface area is 150 Å². The Morgan fingerprint density at radius 3 is 2.65 bits per heavy atom. The number of methoxy groups -OCH3 is 1. The summed E-state index contributed by atoms with van der Waals surface area (Å²) in [6, 6.07) is 12.8. The molecule has 0 spiro atoms. The fourth-order valence-corrected chi connectivity index (χ4v) is 2.72. The van der Waals surface area contributed by atoms with Crippen LogP contribution in [-0.4, -0.2) is 28.0 Å². The lowest BCUT2D eigenvalue weighted by molar-refractivity contribution is -0.122. The number of amides is 1. The van der Waals surface area contributed by atoms with Gasteiger partial charge in [-0.25, -0.2) is 4.68 Å². The fraction of sp³-hybridized carbons (Fsp3) is 0.263. The van der Waals surface area contributed by atoms with Crippen molar-refractivity contribution in [2.24, 2.45) is 0 Å². The van der Waals surface area contributed by atoms with Gasteiger partial charge in [-0.2, -0.15) is 0 Å². The van der Waals surface area contributed by atoms with E-state index in [4.69, 9.17) is 4.74 Å².